The zero-order valence-corrected chi connectivity index (χ0v) is 16.1. The average molecular weight is 390 g/mol. The highest BCUT2D eigenvalue weighted by atomic mass is 16.5. The smallest absolute Gasteiger partial charge is 0.337 e. The molecule has 0 aliphatic carbocycles. The van der Waals surface area contributed by atoms with Crippen LogP contribution in [0.15, 0.2) is 78.9 Å². The van der Waals surface area contributed by atoms with Gasteiger partial charge in [0.15, 0.2) is 0 Å². The van der Waals surface area contributed by atoms with Crippen molar-refractivity contribution in [2.75, 3.05) is 24.3 Å². The zero-order chi connectivity index (χ0) is 20.5. The minimum atomic E-state index is -0.423. The van der Waals surface area contributed by atoms with Crippen LogP contribution in [0.5, 0.6) is 5.75 Å². The summed E-state index contributed by atoms with van der Waals surface area (Å²) in [6, 6.07) is 23.9. The Balaban J connectivity index is 1.47. The molecule has 0 unspecified atom stereocenters. The van der Waals surface area contributed by atoms with Crippen molar-refractivity contribution in [1.29, 1.82) is 0 Å². The highest BCUT2D eigenvalue weighted by molar-refractivity contribution is 5.94. The summed E-state index contributed by atoms with van der Waals surface area (Å²) in [7, 11) is 1.33. The third kappa shape index (κ3) is 6.10. The third-order valence-corrected chi connectivity index (χ3v) is 4.12. The highest BCUT2D eigenvalue weighted by Crippen LogP contribution is 2.17. The van der Waals surface area contributed by atoms with Crippen molar-refractivity contribution in [1.82, 2.24) is 0 Å². The molecule has 0 saturated heterocycles. The molecular weight excluding hydrogens is 368 g/mol. The number of benzene rings is 3. The summed E-state index contributed by atoms with van der Waals surface area (Å²) in [5, 5.41) is 5.80. The number of nitrogens with one attached hydrogen (secondary N) is 2. The Morgan fingerprint density at radius 2 is 1.62 bits per heavy atom. The van der Waals surface area contributed by atoms with Crippen molar-refractivity contribution in [3.05, 3.63) is 90.0 Å². The van der Waals surface area contributed by atoms with Crippen molar-refractivity contribution in [2.45, 2.75) is 6.61 Å². The Bertz CT molecular complexity index is 956. The molecule has 0 saturated carbocycles. The molecule has 0 fully saturated rings. The van der Waals surface area contributed by atoms with E-state index < -0.39 is 5.97 Å². The zero-order valence-electron chi connectivity index (χ0n) is 16.1. The van der Waals surface area contributed by atoms with Crippen molar-refractivity contribution in [2.24, 2.45) is 0 Å². The van der Waals surface area contributed by atoms with Crippen molar-refractivity contribution < 1.29 is 19.1 Å². The standard InChI is InChI=1S/C23H22N2O4/c1-28-23(27)18-8-5-9-20(14-18)24-15-22(26)25-19-10-12-21(13-11-19)29-16-17-6-3-2-4-7-17/h2-14,24H,15-16H2,1H3,(H,25,26). The fraction of sp³-hybridized carbons (Fsp3) is 0.130. The van der Waals surface area contributed by atoms with Crippen LogP contribution in [-0.2, 0) is 16.1 Å². The molecule has 0 bridgehead atoms. The van der Waals surface area contributed by atoms with E-state index in [0.717, 1.165) is 11.3 Å². The summed E-state index contributed by atoms with van der Waals surface area (Å²) < 4.78 is 10.4. The summed E-state index contributed by atoms with van der Waals surface area (Å²) in [5.74, 6) is 0.101. The van der Waals surface area contributed by atoms with E-state index in [-0.39, 0.29) is 12.5 Å². The largest absolute Gasteiger partial charge is 0.489 e. The van der Waals surface area contributed by atoms with Gasteiger partial charge in [0.2, 0.25) is 5.91 Å². The molecule has 29 heavy (non-hydrogen) atoms. The van der Waals surface area contributed by atoms with E-state index in [0.29, 0.717) is 23.5 Å². The normalized spacial score (nSPS) is 10.1. The molecule has 0 radical (unpaired) electrons. The molecule has 148 valence electrons. The number of anilines is 2. The average Bonchev–Trinajstić information content (AvgIpc) is 2.77. The van der Waals surface area contributed by atoms with Crippen LogP contribution in [0.2, 0.25) is 0 Å². The van der Waals surface area contributed by atoms with Crippen LogP contribution < -0.4 is 15.4 Å². The first kappa shape index (κ1) is 19.9. The molecule has 2 N–H and O–H groups in total. The summed E-state index contributed by atoms with van der Waals surface area (Å²) in [4.78, 5) is 23.7. The van der Waals surface area contributed by atoms with Gasteiger partial charge in [-0.15, -0.1) is 0 Å². The summed E-state index contributed by atoms with van der Waals surface area (Å²) in [5.41, 5.74) is 2.84. The summed E-state index contributed by atoms with van der Waals surface area (Å²) in [6.45, 7) is 0.554. The molecule has 3 aromatic rings. The lowest BCUT2D eigenvalue weighted by molar-refractivity contribution is -0.114. The van der Waals surface area contributed by atoms with Gasteiger partial charge in [0, 0.05) is 11.4 Å². The second-order valence-corrected chi connectivity index (χ2v) is 6.27. The molecule has 3 aromatic carbocycles. The second-order valence-electron chi connectivity index (χ2n) is 6.27. The number of methoxy groups -OCH3 is 1. The van der Waals surface area contributed by atoms with Crippen molar-refractivity contribution in [3.63, 3.8) is 0 Å². The van der Waals surface area contributed by atoms with Crippen LogP contribution in [0.1, 0.15) is 15.9 Å². The van der Waals surface area contributed by atoms with Gasteiger partial charge in [0.25, 0.3) is 0 Å². The number of carbonyl (C=O) groups excluding carboxylic acids is 2. The van der Waals surface area contributed by atoms with Gasteiger partial charge in [-0.3, -0.25) is 4.79 Å². The molecule has 3 rings (SSSR count). The van der Waals surface area contributed by atoms with E-state index in [9.17, 15) is 9.59 Å². The molecule has 6 heteroatoms. The number of rotatable bonds is 8. The first-order valence-corrected chi connectivity index (χ1v) is 9.13. The molecule has 6 nitrogen and oxygen atoms in total. The lowest BCUT2D eigenvalue weighted by Gasteiger charge is -2.10. The molecule has 0 spiro atoms. The Kier molecular flexibility index (Phi) is 6.84. The number of esters is 1. The molecule has 1 amide bonds. The molecule has 0 heterocycles. The van der Waals surface area contributed by atoms with Gasteiger partial charge in [-0.05, 0) is 48.0 Å². The maximum absolute atomic E-state index is 12.2. The lowest BCUT2D eigenvalue weighted by Crippen LogP contribution is -2.21. The molecule has 0 aromatic heterocycles. The van der Waals surface area contributed by atoms with Crippen LogP contribution in [-0.4, -0.2) is 25.5 Å². The van der Waals surface area contributed by atoms with Crippen LogP contribution in [0.25, 0.3) is 0 Å². The van der Waals surface area contributed by atoms with Crippen LogP contribution in [0.4, 0.5) is 11.4 Å². The molecule has 0 atom stereocenters. The summed E-state index contributed by atoms with van der Waals surface area (Å²) in [6.07, 6.45) is 0. The Labute approximate surface area is 169 Å². The first-order chi connectivity index (χ1) is 14.1. The quantitative estimate of drug-likeness (QED) is 0.566. The number of ether oxygens (including phenoxy) is 2. The van der Waals surface area contributed by atoms with Gasteiger partial charge in [-0.25, -0.2) is 4.79 Å². The minimum absolute atomic E-state index is 0.0664. The number of hydrogen-bond acceptors (Lipinski definition) is 5. The first-order valence-electron chi connectivity index (χ1n) is 9.13. The highest BCUT2D eigenvalue weighted by Gasteiger charge is 2.07. The third-order valence-electron chi connectivity index (χ3n) is 4.12. The van der Waals surface area contributed by atoms with E-state index in [2.05, 4.69) is 10.6 Å². The van der Waals surface area contributed by atoms with Crippen LogP contribution in [0, 0.1) is 0 Å². The van der Waals surface area contributed by atoms with Gasteiger partial charge in [0.05, 0.1) is 19.2 Å². The van der Waals surface area contributed by atoms with E-state index in [1.54, 1.807) is 36.4 Å². The van der Waals surface area contributed by atoms with Gasteiger partial charge in [-0.1, -0.05) is 36.4 Å². The Morgan fingerprint density at radius 1 is 0.862 bits per heavy atom. The monoisotopic (exact) mass is 390 g/mol. The van der Waals surface area contributed by atoms with E-state index in [1.807, 2.05) is 42.5 Å². The second kappa shape index (κ2) is 9.94. The Morgan fingerprint density at radius 3 is 2.34 bits per heavy atom. The predicted octanol–water partition coefficient (Wildman–Crippen LogP) is 4.10. The maximum atomic E-state index is 12.2. The predicted molar refractivity (Wildman–Crippen MR) is 112 cm³/mol. The lowest BCUT2D eigenvalue weighted by atomic mass is 10.2. The maximum Gasteiger partial charge on any atom is 0.337 e. The van der Waals surface area contributed by atoms with Gasteiger partial charge < -0.3 is 20.1 Å². The topological polar surface area (TPSA) is 76.7 Å². The van der Waals surface area contributed by atoms with Gasteiger partial charge >= 0.3 is 5.97 Å². The molecule has 0 aliphatic rings. The Hall–Kier alpha value is -3.80. The molecular formula is C23H22N2O4. The fourth-order valence-electron chi connectivity index (χ4n) is 2.64. The number of amides is 1. The number of hydrogen-bond donors (Lipinski definition) is 2. The van der Waals surface area contributed by atoms with Crippen molar-refractivity contribution in [3.8, 4) is 5.75 Å². The van der Waals surface area contributed by atoms with Gasteiger partial charge in [0.1, 0.15) is 12.4 Å². The minimum Gasteiger partial charge on any atom is -0.489 e. The van der Waals surface area contributed by atoms with Crippen LogP contribution >= 0.6 is 0 Å². The SMILES string of the molecule is COC(=O)c1cccc(NCC(=O)Nc2ccc(OCc3ccccc3)cc2)c1. The summed E-state index contributed by atoms with van der Waals surface area (Å²) >= 11 is 0. The van der Waals surface area contributed by atoms with Crippen molar-refractivity contribution >= 4 is 23.3 Å². The fourth-order valence-corrected chi connectivity index (χ4v) is 2.64. The van der Waals surface area contributed by atoms with E-state index in [1.165, 1.54) is 7.11 Å². The van der Waals surface area contributed by atoms with E-state index >= 15 is 0 Å². The number of carbonyl (C=O) groups is 2. The van der Waals surface area contributed by atoms with Crippen LogP contribution in [0.3, 0.4) is 0 Å². The molecule has 0 aliphatic heterocycles. The van der Waals surface area contributed by atoms with E-state index in [4.69, 9.17) is 9.47 Å². The van der Waals surface area contributed by atoms with Gasteiger partial charge in [-0.2, -0.15) is 0 Å².